The Bertz CT molecular complexity index is 831. The highest BCUT2D eigenvalue weighted by molar-refractivity contribution is 7.92. The SMILES string of the molecule is CCC(C)NC(=O)COc1ccc(S(=O)(=O)Nc2ccc(C)cc2)cc1. The number of anilines is 1. The van der Waals surface area contributed by atoms with Gasteiger partial charge in [0.25, 0.3) is 15.9 Å². The number of benzene rings is 2. The summed E-state index contributed by atoms with van der Waals surface area (Å²) in [5.74, 6) is 0.218. The molecule has 0 heterocycles. The van der Waals surface area contributed by atoms with Crippen molar-refractivity contribution < 1.29 is 17.9 Å². The van der Waals surface area contributed by atoms with Crippen molar-refractivity contribution in [3.63, 3.8) is 0 Å². The largest absolute Gasteiger partial charge is 0.484 e. The molecular weight excluding hydrogens is 352 g/mol. The molecule has 1 atom stereocenters. The third kappa shape index (κ3) is 5.77. The van der Waals surface area contributed by atoms with Gasteiger partial charge in [-0.15, -0.1) is 0 Å². The van der Waals surface area contributed by atoms with Gasteiger partial charge >= 0.3 is 0 Å². The molecule has 140 valence electrons. The smallest absolute Gasteiger partial charge is 0.261 e. The summed E-state index contributed by atoms with van der Waals surface area (Å²) in [6.07, 6.45) is 0.840. The lowest BCUT2D eigenvalue weighted by Crippen LogP contribution is -2.35. The summed E-state index contributed by atoms with van der Waals surface area (Å²) in [6.45, 7) is 5.71. The molecule has 0 aliphatic rings. The highest BCUT2D eigenvalue weighted by Gasteiger charge is 2.14. The summed E-state index contributed by atoms with van der Waals surface area (Å²) in [5.41, 5.74) is 1.55. The van der Waals surface area contributed by atoms with Crippen LogP contribution in [0.3, 0.4) is 0 Å². The van der Waals surface area contributed by atoms with Crippen molar-refractivity contribution in [2.45, 2.75) is 38.1 Å². The lowest BCUT2D eigenvalue weighted by atomic mass is 10.2. The maximum absolute atomic E-state index is 12.4. The Morgan fingerprint density at radius 3 is 2.27 bits per heavy atom. The topological polar surface area (TPSA) is 84.5 Å². The number of hydrogen-bond acceptors (Lipinski definition) is 4. The molecule has 7 heteroatoms. The van der Waals surface area contributed by atoms with E-state index in [1.807, 2.05) is 32.9 Å². The van der Waals surface area contributed by atoms with E-state index in [-0.39, 0.29) is 23.5 Å². The molecule has 1 amide bonds. The van der Waals surface area contributed by atoms with E-state index in [4.69, 9.17) is 4.74 Å². The van der Waals surface area contributed by atoms with Crippen LogP contribution in [0.4, 0.5) is 5.69 Å². The van der Waals surface area contributed by atoms with E-state index in [2.05, 4.69) is 10.0 Å². The highest BCUT2D eigenvalue weighted by atomic mass is 32.2. The van der Waals surface area contributed by atoms with Gasteiger partial charge in [0.15, 0.2) is 6.61 Å². The zero-order chi connectivity index (χ0) is 19.2. The average molecular weight is 376 g/mol. The van der Waals surface area contributed by atoms with E-state index in [1.54, 1.807) is 12.1 Å². The predicted molar refractivity (Wildman–Crippen MR) is 102 cm³/mol. The molecule has 6 nitrogen and oxygen atoms in total. The van der Waals surface area contributed by atoms with Crippen molar-refractivity contribution in [2.24, 2.45) is 0 Å². The molecule has 2 aromatic carbocycles. The van der Waals surface area contributed by atoms with Gasteiger partial charge in [-0.3, -0.25) is 9.52 Å². The maximum atomic E-state index is 12.4. The van der Waals surface area contributed by atoms with Crippen LogP contribution in [0.5, 0.6) is 5.75 Å². The Morgan fingerprint density at radius 1 is 1.08 bits per heavy atom. The van der Waals surface area contributed by atoms with Crippen LogP contribution < -0.4 is 14.8 Å². The fraction of sp³-hybridized carbons (Fsp3) is 0.316. The Labute approximate surface area is 154 Å². The number of carbonyl (C=O) groups excluding carboxylic acids is 1. The number of aryl methyl sites for hydroxylation is 1. The van der Waals surface area contributed by atoms with Gasteiger partial charge in [-0.2, -0.15) is 0 Å². The first-order valence-corrected chi connectivity index (χ1v) is 9.90. The first-order chi connectivity index (χ1) is 12.3. The second-order valence-electron chi connectivity index (χ2n) is 6.11. The Hall–Kier alpha value is -2.54. The number of nitrogens with one attached hydrogen (secondary N) is 2. The molecule has 0 spiro atoms. The maximum Gasteiger partial charge on any atom is 0.261 e. The van der Waals surface area contributed by atoms with E-state index < -0.39 is 10.0 Å². The summed E-state index contributed by atoms with van der Waals surface area (Å²) in [4.78, 5) is 11.8. The molecule has 0 aromatic heterocycles. The minimum absolute atomic E-state index is 0.0893. The van der Waals surface area contributed by atoms with Crippen molar-refractivity contribution in [3.05, 3.63) is 54.1 Å². The molecule has 0 bridgehead atoms. The normalized spacial score (nSPS) is 12.3. The van der Waals surface area contributed by atoms with Crippen LogP contribution in [0, 0.1) is 6.92 Å². The summed E-state index contributed by atoms with van der Waals surface area (Å²) >= 11 is 0. The first-order valence-electron chi connectivity index (χ1n) is 8.42. The van der Waals surface area contributed by atoms with E-state index in [9.17, 15) is 13.2 Å². The average Bonchev–Trinajstić information content (AvgIpc) is 2.62. The Morgan fingerprint density at radius 2 is 1.69 bits per heavy atom. The summed E-state index contributed by atoms with van der Waals surface area (Å²) in [6, 6.07) is 13.1. The standard InChI is InChI=1S/C19H24N2O4S/c1-4-15(3)20-19(22)13-25-17-9-11-18(12-10-17)26(23,24)21-16-7-5-14(2)6-8-16/h5-12,15,21H,4,13H2,1-3H3,(H,20,22). The molecule has 2 aromatic rings. The minimum Gasteiger partial charge on any atom is -0.484 e. The Kier molecular flexibility index (Phi) is 6.63. The van der Waals surface area contributed by atoms with Gasteiger partial charge in [-0.25, -0.2) is 8.42 Å². The van der Waals surface area contributed by atoms with Crippen molar-refractivity contribution in [3.8, 4) is 5.75 Å². The van der Waals surface area contributed by atoms with E-state index in [0.29, 0.717) is 11.4 Å². The quantitative estimate of drug-likeness (QED) is 0.741. The van der Waals surface area contributed by atoms with E-state index >= 15 is 0 Å². The fourth-order valence-electron chi connectivity index (χ4n) is 2.12. The molecule has 0 fully saturated rings. The van der Waals surface area contributed by atoms with Crippen LogP contribution in [0.2, 0.25) is 0 Å². The number of rotatable bonds is 8. The predicted octanol–water partition coefficient (Wildman–Crippen LogP) is 3.09. The fourth-order valence-corrected chi connectivity index (χ4v) is 3.18. The Balaban J connectivity index is 1.97. The van der Waals surface area contributed by atoms with Gasteiger partial charge < -0.3 is 10.1 Å². The monoisotopic (exact) mass is 376 g/mol. The molecule has 2 N–H and O–H groups in total. The van der Waals surface area contributed by atoms with Crippen LogP contribution >= 0.6 is 0 Å². The van der Waals surface area contributed by atoms with Gasteiger partial charge in [0.05, 0.1) is 4.90 Å². The lowest BCUT2D eigenvalue weighted by Gasteiger charge is -2.12. The number of ether oxygens (including phenoxy) is 1. The lowest BCUT2D eigenvalue weighted by molar-refractivity contribution is -0.123. The van der Waals surface area contributed by atoms with Crippen molar-refractivity contribution >= 4 is 21.6 Å². The molecule has 2 rings (SSSR count). The molecule has 0 saturated heterocycles. The van der Waals surface area contributed by atoms with Gasteiger partial charge in [0.2, 0.25) is 0 Å². The number of sulfonamides is 1. The molecular formula is C19H24N2O4S. The van der Waals surface area contributed by atoms with Crippen molar-refractivity contribution in [1.82, 2.24) is 5.32 Å². The molecule has 1 unspecified atom stereocenters. The molecule has 0 radical (unpaired) electrons. The van der Waals surface area contributed by atoms with E-state index in [1.165, 1.54) is 24.3 Å². The van der Waals surface area contributed by atoms with Crippen LogP contribution in [0.25, 0.3) is 0 Å². The zero-order valence-corrected chi connectivity index (χ0v) is 16.0. The summed E-state index contributed by atoms with van der Waals surface area (Å²) in [7, 11) is -3.68. The van der Waals surface area contributed by atoms with Crippen LogP contribution in [0.1, 0.15) is 25.8 Å². The second kappa shape index (κ2) is 8.71. The molecule has 0 aliphatic heterocycles. The third-order valence-electron chi connectivity index (χ3n) is 3.83. The van der Waals surface area contributed by atoms with E-state index in [0.717, 1.165) is 12.0 Å². The second-order valence-corrected chi connectivity index (χ2v) is 7.79. The molecule has 0 aliphatic carbocycles. The number of hydrogen-bond donors (Lipinski definition) is 2. The first kappa shape index (κ1) is 19.8. The van der Waals surface area contributed by atoms with Crippen molar-refractivity contribution in [1.29, 1.82) is 0 Å². The van der Waals surface area contributed by atoms with Gasteiger partial charge in [0.1, 0.15) is 5.75 Å². The van der Waals surface area contributed by atoms with Gasteiger partial charge in [0, 0.05) is 11.7 Å². The summed E-state index contributed by atoms with van der Waals surface area (Å²) < 4.78 is 32.7. The highest BCUT2D eigenvalue weighted by Crippen LogP contribution is 2.19. The van der Waals surface area contributed by atoms with Crippen molar-refractivity contribution in [2.75, 3.05) is 11.3 Å². The molecule has 0 saturated carbocycles. The molecule has 26 heavy (non-hydrogen) atoms. The van der Waals surface area contributed by atoms with Gasteiger partial charge in [-0.05, 0) is 56.7 Å². The van der Waals surface area contributed by atoms with Crippen LogP contribution in [0.15, 0.2) is 53.4 Å². The zero-order valence-electron chi connectivity index (χ0n) is 15.2. The van der Waals surface area contributed by atoms with Crippen LogP contribution in [-0.4, -0.2) is 27.0 Å². The number of amides is 1. The third-order valence-corrected chi connectivity index (χ3v) is 5.22. The van der Waals surface area contributed by atoms with Crippen LogP contribution in [-0.2, 0) is 14.8 Å². The summed E-state index contributed by atoms with van der Waals surface area (Å²) in [5, 5.41) is 2.80. The number of carbonyl (C=O) groups is 1. The minimum atomic E-state index is -3.68. The van der Waals surface area contributed by atoms with Gasteiger partial charge in [-0.1, -0.05) is 24.6 Å².